The molecule has 1 saturated heterocycles. The minimum absolute atomic E-state index is 0.281. The van der Waals surface area contributed by atoms with E-state index in [9.17, 15) is 18.0 Å². The number of morpholine rings is 1. The van der Waals surface area contributed by atoms with Crippen LogP contribution in [0.1, 0.15) is 11.1 Å². The van der Waals surface area contributed by atoms with Gasteiger partial charge in [0.2, 0.25) is 11.8 Å². The Bertz CT molecular complexity index is 785. The number of hydrogen-bond acceptors (Lipinski definition) is 6. The molecule has 9 heteroatoms. The van der Waals surface area contributed by atoms with Gasteiger partial charge in [0.15, 0.2) is 9.84 Å². The third-order valence-corrected chi connectivity index (χ3v) is 5.55. The zero-order valence-corrected chi connectivity index (χ0v) is 15.2. The van der Waals surface area contributed by atoms with Crippen molar-refractivity contribution in [3.63, 3.8) is 0 Å². The summed E-state index contributed by atoms with van der Waals surface area (Å²) in [5, 5.41) is 0. The van der Waals surface area contributed by atoms with Gasteiger partial charge >= 0.3 is 0 Å². The largest absolute Gasteiger partial charge is 0.378 e. The van der Waals surface area contributed by atoms with E-state index in [2.05, 4.69) is 0 Å². The van der Waals surface area contributed by atoms with Crippen LogP contribution >= 0.6 is 0 Å². The van der Waals surface area contributed by atoms with Gasteiger partial charge in [-0.2, -0.15) is 0 Å². The number of carbonyl (C=O) groups excluding carboxylic acids is 2. The van der Waals surface area contributed by atoms with Crippen LogP contribution in [0, 0.1) is 0 Å². The third kappa shape index (κ3) is 5.94. The summed E-state index contributed by atoms with van der Waals surface area (Å²) in [5.74, 6) is -1.74. The van der Waals surface area contributed by atoms with E-state index in [1.165, 1.54) is 17.1 Å². The second-order valence-electron chi connectivity index (χ2n) is 6.03. The van der Waals surface area contributed by atoms with Crippen LogP contribution in [-0.4, -0.2) is 63.2 Å². The molecular formula is C17H23N3O5S. The van der Waals surface area contributed by atoms with Crippen molar-refractivity contribution in [2.75, 3.05) is 32.1 Å². The maximum absolute atomic E-state index is 12.5. The molecule has 2 amide bonds. The molecule has 26 heavy (non-hydrogen) atoms. The molecule has 2 rings (SSSR count). The molecule has 1 fully saturated rings. The fourth-order valence-corrected chi connectivity index (χ4v) is 4.20. The molecule has 4 N–H and O–H groups in total. The molecule has 142 valence electrons. The highest BCUT2D eigenvalue weighted by molar-refractivity contribution is 7.90. The average molecular weight is 381 g/mol. The molecule has 1 aromatic rings. The molecule has 1 aliphatic rings. The maximum atomic E-state index is 12.5. The predicted molar refractivity (Wildman–Crippen MR) is 97.5 cm³/mol. The third-order valence-electron chi connectivity index (χ3n) is 3.93. The van der Waals surface area contributed by atoms with Gasteiger partial charge in [0.1, 0.15) is 0 Å². The fraction of sp³-hybridized carbons (Fsp3) is 0.412. The number of rotatable bonds is 7. The number of amides is 2. The van der Waals surface area contributed by atoms with Crippen molar-refractivity contribution in [2.24, 2.45) is 11.5 Å². The van der Waals surface area contributed by atoms with E-state index in [4.69, 9.17) is 16.2 Å². The zero-order valence-electron chi connectivity index (χ0n) is 14.3. The standard InChI is InChI=1S/C17H23N3O5S/c18-15(17(22)20-7-9-25-10-8-20)12-26(23,24)11-14-4-2-1-3-13(14)5-6-16(19)21/h1-6,15H,7-12,18H2,(H2,19,21)/b6-5+/t15-/m0/s1. The van der Waals surface area contributed by atoms with Crippen LogP contribution in [0.2, 0.25) is 0 Å². The highest BCUT2D eigenvalue weighted by Crippen LogP contribution is 2.15. The lowest BCUT2D eigenvalue weighted by molar-refractivity contribution is -0.136. The number of nitrogens with two attached hydrogens (primary N) is 2. The Kier molecular flexibility index (Phi) is 6.90. The SMILES string of the molecule is NC(=O)/C=C/c1ccccc1CS(=O)(=O)C[C@H](N)C(=O)N1CCOCC1. The number of benzene rings is 1. The lowest BCUT2D eigenvalue weighted by Crippen LogP contribution is -2.51. The second-order valence-corrected chi connectivity index (χ2v) is 8.14. The van der Waals surface area contributed by atoms with E-state index in [0.717, 1.165) is 0 Å². The molecule has 1 aliphatic heterocycles. The Morgan fingerprint density at radius 2 is 1.88 bits per heavy atom. The first-order chi connectivity index (χ1) is 12.3. The number of sulfone groups is 1. The summed E-state index contributed by atoms with van der Waals surface area (Å²) in [6.45, 7) is 1.66. The first-order valence-corrected chi connectivity index (χ1v) is 9.98. The number of carbonyl (C=O) groups is 2. The number of nitrogens with zero attached hydrogens (tertiary/aromatic N) is 1. The van der Waals surface area contributed by atoms with Gasteiger partial charge in [0.05, 0.1) is 30.8 Å². The van der Waals surface area contributed by atoms with Crippen molar-refractivity contribution in [3.8, 4) is 0 Å². The number of hydrogen-bond donors (Lipinski definition) is 2. The van der Waals surface area contributed by atoms with Gasteiger partial charge in [-0.1, -0.05) is 24.3 Å². The van der Waals surface area contributed by atoms with Crippen molar-refractivity contribution in [1.82, 2.24) is 4.90 Å². The molecular weight excluding hydrogens is 358 g/mol. The Morgan fingerprint density at radius 3 is 2.54 bits per heavy atom. The van der Waals surface area contributed by atoms with Crippen LogP contribution in [0.3, 0.4) is 0 Å². The highest BCUT2D eigenvalue weighted by atomic mass is 32.2. The molecule has 0 bridgehead atoms. The van der Waals surface area contributed by atoms with Crippen molar-refractivity contribution in [2.45, 2.75) is 11.8 Å². The Hall–Kier alpha value is -2.23. The minimum Gasteiger partial charge on any atom is -0.378 e. The second kappa shape index (κ2) is 8.93. The summed E-state index contributed by atoms with van der Waals surface area (Å²) < 4.78 is 30.2. The van der Waals surface area contributed by atoms with E-state index in [0.29, 0.717) is 37.4 Å². The molecule has 0 unspecified atom stereocenters. The van der Waals surface area contributed by atoms with Gasteiger partial charge in [-0.15, -0.1) is 0 Å². The van der Waals surface area contributed by atoms with Crippen molar-refractivity contribution in [3.05, 3.63) is 41.5 Å². The molecule has 8 nitrogen and oxygen atoms in total. The molecule has 0 saturated carbocycles. The van der Waals surface area contributed by atoms with E-state index in [-0.39, 0.29) is 5.75 Å². The molecule has 1 heterocycles. The quantitative estimate of drug-likeness (QED) is 0.599. The first-order valence-electron chi connectivity index (χ1n) is 8.16. The minimum atomic E-state index is -3.63. The van der Waals surface area contributed by atoms with Crippen LogP contribution in [0.4, 0.5) is 0 Å². The van der Waals surface area contributed by atoms with Gasteiger partial charge in [-0.05, 0) is 17.2 Å². The summed E-state index contributed by atoms with van der Waals surface area (Å²) >= 11 is 0. The van der Waals surface area contributed by atoms with Crippen LogP contribution in [-0.2, 0) is 29.9 Å². The van der Waals surface area contributed by atoms with Crippen LogP contribution < -0.4 is 11.5 Å². The van der Waals surface area contributed by atoms with Crippen molar-refractivity contribution < 1.29 is 22.7 Å². The first kappa shape index (κ1) is 20.1. The van der Waals surface area contributed by atoms with E-state index in [1.807, 2.05) is 0 Å². The lowest BCUT2D eigenvalue weighted by atomic mass is 10.1. The molecule has 0 aliphatic carbocycles. The Balaban J connectivity index is 2.06. The van der Waals surface area contributed by atoms with Crippen LogP contribution in [0.15, 0.2) is 30.3 Å². The number of primary amides is 1. The maximum Gasteiger partial charge on any atom is 0.241 e. The molecule has 1 aromatic carbocycles. The van der Waals surface area contributed by atoms with Crippen LogP contribution in [0.5, 0.6) is 0 Å². The average Bonchev–Trinajstić information content (AvgIpc) is 2.60. The molecule has 0 spiro atoms. The van der Waals surface area contributed by atoms with E-state index < -0.39 is 33.4 Å². The van der Waals surface area contributed by atoms with Crippen LogP contribution in [0.25, 0.3) is 6.08 Å². The highest BCUT2D eigenvalue weighted by Gasteiger charge is 2.27. The fourth-order valence-electron chi connectivity index (χ4n) is 2.66. The topological polar surface area (TPSA) is 133 Å². The summed E-state index contributed by atoms with van der Waals surface area (Å²) in [6, 6.07) is 5.64. The van der Waals surface area contributed by atoms with Gasteiger partial charge < -0.3 is 21.1 Å². The van der Waals surface area contributed by atoms with Crippen molar-refractivity contribution in [1.29, 1.82) is 0 Å². The monoisotopic (exact) mass is 381 g/mol. The van der Waals surface area contributed by atoms with Gasteiger partial charge in [0, 0.05) is 19.2 Å². The normalized spacial score (nSPS) is 16.6. The predicted octanol–water partition coefficient (Wildman–Crippen LogP) is -0.714. The zero-order chi connectivity index (χ0) is 19.2. The molecule has 0 aromatic heterocycles. The van der Waals surface area contributed by atoms with Gasteiger partial charge in [0.25, 0.3) is 0 Å². The van der Waals surface area contributed by atoms with Gasteiger partial charge in [-0.3, -0.25) is 9.59 Å². The van der Waals surface area contributed by atoms with Crippen molar-refractivity contribution >= 4 is 27.7 Å². The molecule has 0 radical (unpaired) electrons. The summed E-state index contributed by atoms with van der Waals surface area (Å²) in [5.41, 5.74) is 12.0. The smallest absolute Gasteiger partial charge is 0.241 e. The lowest BCUT2D eigenvalue weighted by Gasteiger charge is -2.29. The van der Waals surface area contributed by atoms with Gasteiger partial charge in [-0.25, -0.2) is 8.42 Å². The number of ether oxygens (including phenoxy) is 1. The summed E-state index contributed by atoms with van der Waals surface area (Å²) in [4.78, 5) is 24.7. The summed E-state index contributed by atoms with van der Waals surface area (Å²) in [7, 11) is -3.63. The summed E-state index contributed by atoms with van der Waals surface area (Å²) in [6.07, 6.45) is 2.63. The van der Waals surface area contributed by atoms with E-state index >= 15 is 0 Å². The Morgan fingerprint density at radius 1 is 1.23 bits per heavy atom. The molecule has 1 atom stereocenters. The Labute approximate surface area is 152 Å². The van der Waals surface area contributed by atoms with E-state index in [1.54, 1.807) is 24.3 Å².